The lowest BCUT2D eigenvalue weighted by molar-refractivity contribution is 0.0240. The smallest absolute Gasteiger partial charge is 0.410 e. The first-order valence-corrected chi connectivity index (χ1v) is 7.03. The Morgan fingerprint density at radius 3 is 2.78 bits per heavy atom. The molecule has 98 valence electrons. The van der Waals surface area contributed by atoms with Crippen molar-refractivity contribution in [1.29, 1.82) is 0 Å². The van der Waals surface area contributed by atoms with Crippen molar-refractivity contribution in [2.75, 3.05) is 0 Å². The number of aromatic nitrogens is 1. The lowest BCUT2D eigenvalue weighted by Crippen LogP contribution is -2.33. The van der Waals surface area contributed by atoms with Gasteiger partial charge in [0, 0.05) is 5.33 Å². The summed E-state index contributed by atoms with van der Waals surface area (Å²) in [6.07, 6.45) is -0.277. The molecule has 18 heavy (non-hydrogen) atoms. The Balaban J connectivity index is 2.08. The standard InChI is InChI=1S/C13H17BrN2O2/c1-13(2,3)18-12(17)16-7-9-4-5-10(6-14)15-11(9)8-16/h4-5H,6-8H2,1-3H3. The van der Waals surface area contributed by atoms with E-state index >= 15 is 0 Å². The number of ether oxygens (including phenoxy) is 1. The predicted molar refractivity (Wildman–Crippen MR) is 72.3 cm³/mol. The Morgan fingerprint density at radius 1 is 1.44 bits per heavy atom. The normalized spacial score (nSPS) is 14.6. The molecule has 0 bridgehead atoms. The maximum atomic E-state index is 12.0. The fourth-order valence-corrected chi connectivity index (χ4v) is 2.14. The Morgan fingerprint density at radius 2 is 2.17 bits per heavy atom. The number of pyridine rings is 1. The van der Waals surface area contributed by atoms with Crippen LogP contribution in [0.1, 0.15) is 37.7 Å². The summed E-state index contributed by atoms with van der Waals surface area (Å²) in [5.41, 5.74) is 2.60. The van der Waals surface area contributed by atoms with Gasteiger partial charge in [-0.05, 0) is 32.4 Å². The summed E-state index contributed by atoms with van der Waals surface area (Å²) in [5, 5.41) is 0.729. The highest BCUT2D eigenvalue weighted by molar-refractivity contribution is 9.08. The number of rotatable bonds is 1. The van der Waals surface area contributed by atoms with E-state index in [9.17, 15) is 4.79 Å². The molecule has 0 fully saturated rings. The third-order valence-electron chi connectivity index (χ3n) is 2.62. The van der Waals surface area contributed by atoms with Crippen LogP contribution < -0.4 is 0 Å². The van der Waals surface area contributed by atoms with Crippen molar-refractivity contribution in [3.63, 3.8) is 0 Å². The van der Waals surface area contributed by atoms with Crippen molar-refractivity contribution < 1.29 is 9.53 Å². The second kappa shape index (κ2) is 4.88. The minimum atomic E-state index is -0.458. The molecular weight excluding hydrogens is 296 g/mol. The zero-order valence-corrected chi connectivity index (χ0v) is 12.5. The van der Waals surface area contributed by atoms with Crippen LogP contribution in [0.25, 0.3) is 0 Å². The highest BCUT2D eigenvalue weighted by Gasteiger charge is 2.28. The molecule has 0 saturated heterocycles. The topological polar surface area (TPSA) is 42.4 Å². The molecule has 1 amide bonds. The van der Waals surface area contributed by atoms with Crippen molar-refractivity contribution in [1.82, 2.24) is 9.88 Å². The van der Waals surface area contributed by atoms with Crippen molar-refractivity contribution in [2.24, 2.45) is 0 Å². The van der Waals surface area contributed by atoms with E-state index in [1.54, 1.807) is 4.90 Å². The highest BCUT2D eigenvalue weighted by atomic mass is 79.9. The zero-order chi connectivity index (χ0) is 13.3. The number of nitrogens with zero attached hydrogens (tertiary/aromatic N) is 2. The average molecular weight is 313 g/mol. The van der Waals surface area contributed by atoms with E-state index in [1.807, 2.05) is 32.9 Å². The van der Waals surface area contributed by atoms with Gasteiger partial charge in [-0.2, -0.15) is 0 Å². The monoisotopic (exact) mass is 312 g/mol. The number of hydrogen-bond donors (Lipinski definition) is 0. The van der Waals surface area contributed by atoms with Crippen LogP contribution >= 0.6 is 15.9 Å². The molecule has 1 aromatic heterocycles. The minimum absolute atomic E-state index is 0.277. The van der Waals surface area contributed by atoms with Gasteiger partial charge >= 0.3 is 6.09 Å². The molecule has 5 heteroatoms. The second-order valence-corrected chi connectivity index (χ2v) is 5.94. The van der Waals surface area contributed by atoms with Crippen LogP contribution in [0.3, 0.4) is 0 Å². The molecule has 0 saturated carbocycles. The Hall–Kier alpha value is -1.10. The van der Waals surface area contributed by atoms with E-state index in [2.05, 4.69) is 20.9 Å². The third-order valence-corrected chi connectivity index (χ3v) is 3.19. The number of fused-ring (bicyclic) bond motifs is 1. The highest BCUT2D eigenvalue weighted by Crippen LogP contribution is 2.23. The third kappa shape index (κ3) is 3.02. The number of amides is 1. The number of hydrogen-bond acceptors (Lipinski definition) is 3. The van der Waals surface area contributed by atoms with Crippen molar-refractivity contribution >= 4 is 22.0 Å². The lowest BCUT2D eigenvalue weighted by Gasteiger charge is -2.23. The molecule has 0 radical (unpaired) electrons. The van der Waals surface area contributed by atoms with Crippen LogP contribution in [0.5, 0.6) is 0 Å². The molecule has 1 aromatic rings. The quantitative estimate of drug-likeness (QED) is 0.748. The van der Waals surface area contributed by atoms with E-state index in [4.69, 9.17) is 4.74 Å². The van der Waals surface area contributed by atoms with E-state index in [-0.39, 0.29) is 6.09 Å². The Labute approximate surface area is 115 Å². The Bertz CT molecular complexity index is 469. The van der Waals surface area contributed by atoms with Crippen molar-refractivity contribution in [3.05, 3.63) is 29.1 Å². The van der Waals surface area contributed by atoms with Crippen molar-refractivity contribution in [3.8, 4) is 0 Å². The number of alkyl halides is 1. The van der Waals surface area contributed by atoms with Gasteiger partial charge in [-0.15, -0.1) is 0 Å². The minimum Gasteiger partial charge on any atom is -0.444 e. The number of carbonyl (C=O) groups is 1. The maximum absolute atomic E-state index is 12.0. The van der Waals surface area contributed by atoms with Gasteiger partial charge in [0.05, 0.1) is 24.5 Å². The number of carbonyl (C=O) groups excluding carboxylic acids is 1. The molecular formula is C13H17BrN2O2. The second-order valence-electron chi connectivity index (χ2n) is 5.38. The SMILES string of the molecule is CC(C)(C)OC(=O)N1Cc2ccc(CBr)nc2C1. The van der Waals surface area contributed by atoms with Gasteiger partial charge in [0.2, 0.25) is 0 Å². The molecule has 1 aliphatic heterocycles. The van der Waals surface area contributed by atoms with E-state index < -0.39 is 5.60 Å². The van der Waals surface area contributed by atoms with Crippen LogP contribution in [-0.2, 0) is 23.2 Å². The first-order valence-electron chi connectivity index (χ1n) is 5.90. The summed E-state index contributed by atoms with van der Waals surface area (Å²) in [4.78, 5) is 18.1. The van der Waals surface area contributed by atoms with Crippen molar-refractivity contribution in [2.45, 2.75) is 44.8 Å². The van der Waals surface area contributed by atoms with E-state index in [0.717, 1.165) is 22.3 Å². The van der Waals surface area contributed by atoms with Crippen LogP contribution in [0.4, 0.5) is 4.79 Å². The molecule has 4 nitrogen and oxygen atoms in total. The van der Waals surface area contributed by atoms with Gasteiger partial charge < -0.3 is 4.74 Å². The average Bonchev–Trinajstić information content (AvgIpc) is 2.69. The summed E-state index contributed by atoms with van der Waals surface area (Å²) in [6, 6.07) is 4.01. The van der Waals surface area contributed by atoms with Crippen LogP contribution in [0.15, 0.2) is 12.1 Å². The fourth-order valence-electron chi connectivity index (χ4n) is 1.83. The first kappa shape index (κ1) is 13.3. The lowest BCUT2D eigenvalue weighted by atomic mass is 10.2. The van der Waals surface area contributed by atoms with Crippen LogP contribution in [-0.4, -0.2) is 21.6 Å². The summed E-state index contributed by atoms with van der Waals surface area (Å²) >= 11 is 3.38. The molecule has 0 unspecified atom stereocenters. The van der Waals surface area contributed by atoms with E-state index in [1.165, 1.54) is 0 Å². The molecule has 0 spiro atoms. The molecule has 2 rings (SSSR count). The maximum Gasteiger partial charge on any atom is 0.410 e. The summed E-state index contributed by atoms with van der Waals surface area (Å²) in [7, 11) is 0. The largest absolute Gasteiger partial charge is 0.444 e. The zero-order valence-electron chi connectivity index (χ0n) is 10.9. The van der Waals surface area contributed by atoms with Gasteiger partial charge in [-0.1, -0.05) is 22.0 Å². The van der Waals surface area contributed by atoms with Gasteiger partial charge in [0.1, 0.15) is 5.60 Å². The summed E-state index contributed by atoms with van der Waals surface area (Å²) in [6.45, 7) is 6.73. The molecule has 0 aromatic carbocycles. The molecule has 1 aliphatic rings. The Kier molecular flexibility index (Phi) is 3.61. The summed E-state index contributed by atoms with van der Waals surface area (Å²) in [5.74, 6) is 0. The summed E-state index contributed by atoms with van der Waals surface area (Å²) < 4.78 is 5.36. The molecule has 0 atom stereocenters. The van der Waals surface area contributed by atoms with Gasteiger partial charge in [-0.3, -0.25) is 9.88 Å². The molecule has 2 heterocycles. The van der Waals surface area contributed by atoms with Gasteiger partial charge in [0.15, 0.2) is 0 Å². The van der Waals surface area contributed by atoms with Crippen LogP contribution in [0.2, 0.25) is 0 Å². The molecule has 0 N–H and O–H groups in total. The van der Waals surface area contributed by atoms with E-state index in [0.29, 0.717) is 13.1 Å². The van der Waals surface area contributed by atoms with Gasteiger partial charge in [-0.25, -0.2) is 4.79 Å². The van der Waals surface area contributed by atoms with Gasteiger partial charge in [0.25, 0.3) is 0 Å². The van der Waals surface area contributed by atoms with Crippen LogP contribution in [0, 0.1) is 0 Å². The predicted octanol–water partition coefficient (Wildman–Crippen LogP) is 3.23. The fraction of sp³-hybridized carbons (Fsp3) is 0.538. The first-order chi connectivity index (χ1) is 8.39. The number of halogens is 1. The molecule has 0 aliphatic carbocycles.